The monoisotopic (exact) mass is 426 g/mol. The summed E-state index contributed by atoms with van der Waals surface area (Å²) in [5, 5.41) is 20.8. The van der Waals surface area contributed by atoms with Crippen LogP contribution in [0.2, 0.25) is 0 Å². The van der Waals surface area contributed by atoms with Crippen LogP contribution < -0.4 is 0 Å². The molecule has 0 aromatic heterocycles. The molecule has 0 fully saturated rings. The van der Waals surface area contributed by atoms with Gasteiger partial charge in [-0.3, -0.25) is 4.79 Å². The molecule has 0 spiro atoms. The maximum Gasteiger partial charge on any atom is 0.149 e. The third-order valence-corrected chi connectivity index (χ3v) is 4.91. The van der Waals surface area contributed by atoms with E-state index >= 15 is 0 Å². The summed E-state index contributed by atoms with van der Waals surface area (Å²) in [4.78, 5) is 12.9. The van der Waals surface area contributed by atoms with Gasteiger partial charge < -0.3 is 10.2 Å². The van der Waals surface area contributed by atoms with Crippen molar-refractivity contribution in [3.8, 4) is 11.5 Å². The molecule has 2 atom stereocenters. The van der Waals surface area contributed by atoms with Gasteiger partial charge >= 0.3 is 0 Å². The second-order valence-electron chi connectivity index (χ2n) is 4.93. The van der Waals surface area contributed by atoms with E-state index in [0.717, 1.165) is 0 Å². The molecule has 0 aliphatic heterocycles. The molecule has 0 aliphatic rings. The van der Waals surface area contributed by atoms with E-state index in [2.05, 4.69) is 31.9 Å². The first-order chi connectivity index (χ1) is 10.6. The molecule has 2 aromatic carbocycles. The van der Waals surface area contributed by atoms with Crippen LogP contribution in [0, 0.1) is 0 Å². The Morgan fingerprint density at radius 2 is 1.18 bits per heavy atom. The molecular formula is C17H16Br2O3. The molecule has 2 rings (SSSR count). The summed E-state index contributed by atoms with van der Waals surface area (Å²) in [6, 6.07) is 13.7. The lowest BCUT2D eigenvalue weighted by atomic mass is 9.85. The highest BCUT2D eigenvalue weighted by Gasteiger charge is 2.30. The molecule has 0 radical (unpaired) electrons. The van der Waals surface area contributed by atoms with E-state index < -0.39 is 11.8 Å². The molecule has 0 heterocycles. The van der Waals surface area contributed by atoms with Crippen LogP contribution >= 0.6 is 31.9 Å². The summed E-state index contributed by atoms with van der Waals surface area (Å²) in [5.41, 5.74) is 1.18. The van der Waals surface area contributed by atoms with Crippen LogP contribution in [-0.2, 0) is 4.79 Å². The summed E-state index contributed by atoms with van der Waals surface area (Å²) in [6.45, 7) is 0. The van der Waals surface area contributed by atoms with E-state index in [9.17, 15) is 15.0 Å². The van der Waals surface area contributed by atoms with Crippen molar-refractivity contribution in [2.45, 2.75) is 11.8 Å². The standard InChI is InChI=1S/C17H16Br2O3/c18-9-13(11-5-1-3-7-15(11)20)17(22)14(10-19)12-6-2-4-8-16(12)21/h1-8,13-14,20-21H,9-10H2. The Morgan fingerprint density at radius 1 is 0.818 bits per heavy atom. The van der Waals surface area contributed by atoms with Crippen molar-refractivity contribution < 1.29 is 15.0 Å². The average molecular weight is 428 g/mol. The first kappa shape index (κ1) is 17.0. The number of halogens is 2. The van der Waals surface area contributed by atoms with Crippen molar-refractivity contribution in [3.63, 3.8) is 0 Å². The Balaban J connectivity index is 2.39. The smallest absolute Gasteiger partial charge is 0.149 e. The molecule has 116 valence electrons. The van der Waals surface area contributed by atoms with Crippen molar-refractivity contribution in [2.75, 3.05) is 10.7 Å². The lowest BCUT2D eigenvalue weighted by Gasteiger charge is -2.21. The lowest BCUT2D eigenvalue weighted by Crippen LogP contribution is -2.23. The van der Waals surface area contributed by atoms with E-state index in [1.165, 1.54) is 0 Å². The van der Waals surface area contributed by atoms with Gasteiger partial charge in [0.05, 0.1) is 11.8 Å². The highest BCUT2D eigenvalue weighted by molar-refractivity contribution is 9.09. The molecule has 22 heavy (non-hydrogen) atoms. The fraction of sp³-hybridized carbons (Fsp3) is 0.235. The number of rotatable bonds is 6. The number of ketones is 1. The van der Waals surface area contributed by atoms with Crippen LogP contribution in [0.3, 0.4) is 0 Å². The number of phenols is 2. The molecule has 2 unspecified atom stereocenters. The number of para-hydroxylation sites is 2. The van der Waals surface area contributed by atoms with Gasteiger partial charge in [-0.25, -0.2) is 0 Å². The van der Waals surface area contributed by atoms with E-state index in [0.29, 0.717) is 21.8 Å². The normalized spacial score (nSPS) is 13.5. The quantitative estimate of drug-likeness (QED) is 0.674. The number of Topliss-reactive ketones (excluding diaryl/α,β-unsaturated/α-hetero) is 1. The average Bonchev–Trinajstić information content (AvgIpc) is 2.52. The molecule has 5 heteroatoms. The summed E-state index contributed by atoms with van der Waals surface area (Å²) in [6.07, 6.45) is 0. The Bertz CT molecular complexity index is 602. The highest BCUT2D eigenvalue weighted by atomic mass is 79.9. The zero-order chi connectivity index (χ0) is 16.1. The van der Waals surface area contributed by atoms with Gasteiger partial charge in [-0.05, 0) is 12.1 Å². The van der Waals surface area contributed by atoms with Gasteiger partial charge in [0.15, 0.2) is 0 Å². The Hall–Kier alpha value is -1.33. The van der Waals surface area contributed by atoms with Crippen molar-refractivity contribution in [3.05, 3.63) is 59.7 Å². The van der Waals surface area contributed by atoms with Crippen LogP contribution in [0.15, 0.2) is 48.5 Å². The number of hydrogen-bond acceptors (Lipinski definition) is 3. The zero-order valence-corrected chi connectivity index (χ0v) is 14.9. The van der Waals surface area contributed by atoms with Gasteiger partial charge in [-0.1, -0.05) is 68.3 Å². The Morgan fingerprint density at radius 3 is 1.50 bits per heavy atom. The van der Waals surface area contributed by atoms with Crippen molar-refractivity contribution in [1.29, 1.82) is 0 Å². The van der Waals surface area contributed by atoms with Crippen molar-refractivity contribution >= 4 is 37.6 Å². The second kappa shape index (κ2) is 7.79. The first-order valence-corrected chi connectivity index (χ1v) is 9.05. The number of phenolic OH excluding ortho intramolecular Hbond substituents is 2. The van der Waals surface area contributed by atoms with Gasteiger partial charge in [0.2, 0.25) is 0 Å². The highest BCUT2D eigenvalue weighted by Crippen LogP contribution is 2.35. The SMILES string of the molecule is O=C(C(CBr)c1ccccc1O)C(CBr)c1ccccc1O. The summed E-state index contributed by atoms with van der Waals surface area (Å²) >= 11 is 6.73. The van der Waals surface area contributed by atoms with Crippen LogP contribution in [0.25, 0.3) is 0 Å². The molecular weight excluding hydrogens is 412 g/mol. The fourth-order valence-electron chi connectivity index (χ4n) is 2.43. The predicted molar refractivity (Wildman–Crippen MR) is 94.3 cm³/mol. The summed E-state index contributed by atoms with van der Waals surface area (Å²) < 4.78 is 0. The lowest BCUT2D eigenvalue weighted by molar-refractivity contribution is -0.121. The van der Waals surface area contributed by atoms with Crippen LogP contribution in [-0.4, -0.2) is 26.7 Å². The molecule has 3 nitrogen and oxygen atoms in total. The summed E-state index contributed by atoms with van der Waals surface area (Å²) in [7, 11) is 0. The van der Waals surface area contributed by atoms with Crippen LogP contribution in [0.5, 0.6) is 11.5 Å². The fourth-order valence-corrected chi connectivity index (χ4v) is 3.77. The number of carbonyl (C=O) groups is 1. The molecule has 0 saturated carbocycles. The molecule has 0 bridgehead atoms. The van der Waals surface area contributed by atoms with Crippen molar-refractivity contribution in [2.24, 2.45) is 0 Å². The maximum absolute atomic E-state index is 12.9. The van der Waals surface area contributed by atoms with E-state index in [-0.39, 0.29) is 17.3 Å². The number of alkyl halides is 2. The van der Waals surface area contributed by atoms with Gasteiger partial charge in [0.25, 0.3) is 0 Å². The first-order valence-electron chi connectivity index (χ1n) is 6.81. The van der Waals surface area contributed by atoms with Crippen LogP contribution in [0.1, 0.15) is 23.0 Å². The van der Waals surface area contributed by atoms with Gasteiger partial charge in [-0.15, -0.1) is 0 Å². The molecule has 2 aromatic rings. The third kappa shape index (κ3) is 3.52. The Labute approximate surface area is 146 Å². The molecule has 0 amide bonds. The van der Waals surface area contributed by atoms with E-state index in [1.807, 2.05) is 0 Å². The van der Waals surface area contributed by atoms with E-state index in [4.69, 9.17) is 0 Å². The zero-order valence-electron chi connectivity index (χ0n) is 11.7. The van der Waals surface area contributed by atoms with Crippen LogP contribution in [0.4, 0.5) is 0 Å². The van der Waals surface area contributed by atoms with Gasteiger partial charge in [0.1, 0.15) is 17.3 Å². The minimum Gasteiger partial charge on any atom is -0.508 e. The predicted octanol–water partition coefficient (Wildman–Crippen LogP) is 4.32. The minimum atomic E-state index is -0.483. The molecule has 2 N–H and O–H groups in total. The second-order valence-corrected chi connectivity index (χ2v) is 6.23. The van der Waals surface area contributed by atoms with E-state index in [1.54, 1.807) is 48.5 Å². The Kier molecular flexibility index (Phi) is 6.03. The largest absolute Gasteiger partial charge is 0.508 e. The molecule has 0 aliphatic carbocycles. The van der Waals surface area contributed by atoms with Gasteiger partial charge in [0, 0.05) is 21.8 Å². The number of hydrogen-bond donors (Lipinski definition) is 2. The minimum absolute atomic E-state index is 0.0586. The number of carbonyl (C=O) groups excluding carboxylic acids is 1. The van der Waals surface area contributed by atoms with Crippen molar-refractivity contribution in [1.82, 2.24) is 0 Å². The third-order valence-electron chi connectivity index (χ3n) is 3.62. The number of benzene rings is 2. The maximum atomic E-state index is 12.9. The topological polar surface area (TPSA) is 57.5 Å². The number of aromatic hydroxyl groups is 2. The van der Waals surface area contributed by atoms with Gasteiger partial charge in [-0.2, -0.15) is 0 Å². The molecule has 0 saturated heterocycles. The summed E-state index contributed by atoms with van der Waals surface area (Å²) in [5.74, 6) is -0.819.